The Labute approximate surface area is 164 Å². The average molecular weight is 390 g/mol. The van der Waals surface area contributed by atoms with Crippen LogP contribution in [0.1, 0.15) is 5.56 Å². The molecule has 4 rings (SSSR count). The fraction of sp³-hybridized carbons (Fsp3) is 0.0400. The second-order valence-corrected chi connectivity index (χ2v) is 10.6. The second kappa shape index (κ2) is 7.66. The Morgan fingerprint density at radius 2 is 0.714 bits per heavy atom. The van der Waals surface area contributed by atoms with Gasteiger partial charge in [0.2, 0.25) is 0 Å². The van der Waals surface area contributed by atoms with Crippen molar-refractivity contribution < 1.29 is 8.78 Å². The van der Waals surface area contributed by atoms with E-state index in [0.717, 1.165) is 0 Å². The minimum absolute atomic E-state index is 0.0539. The van der Waals surface area contributed by atoms with Gasteiger partial charge in [-0.3, -0.25) is 0 Å². The Bertz CT molecular complexity index is 920. The van der Waals surface area contributed by atoms with Crippen molar-refractivity contribution in [2.75, 3.05) is 0 Å². The quantitative estimate of drug-likeness (QED) is 0.397. The van der Waals surface area contributed by atoms with Crippen LogP contribution >= 0.6 is 7.26 Å². The van der Waals surface area contributed by atoms with Gasteiger partial charge >= 0.3 is 165 Å². The van der Waals surface area contributed by atoms with E-state index in [1.165, 1.54) is 12.1 Å². The van der Waals surface area contributed by atoms with Crippen LogP contribution in [-0.4, -0.2) is 0 Å². The van der Waals surface area contributed by atoms with Gasteiger partial charge in [-0.25, -0.2) is 0 Å². The molecular formula is C25H21F2P. The first kappa shape index (κ1) is 18.5. The van der Waals surface area contributed by atoms with Gasteiger partial charge in [0.15, 0.2) is 0 Å². The van der Waals surface area contributed by atoms with E-state index in [2.05, 4.69) is 0 Å². The number of benzene rings is 4. The molecule has 3 heteroatoms. The van der Waals surface area contributed by atoms with Gasteiger partial charge in [-0.2, -0.15) is 0 Å². The van der Waals surface area contributed by atoms with Crippen LogP contribution in [-0.2, 0) is 5.66 Å². The molecule has 0 fully saturated rings. The summed E-state index contributed by atoms with van der Waals surface area (Å²) in [5.74, 6) is 0. The van der Waals surface area contributed by atoms with Crippen LogP contribution in [0.5, 0.6) is 0 Å². The van der Waals surface area contributed by atoms with Crippen LogP contribution in [0.3, 0.4) is 0 Å². The Morgan fingerprint density at radius 3 is 1.04 bits per heavy atom. The molecule has 0 amide bonds. The maximum atomic E-state index is 16.6. The van der Waals surface area contributed by atoms with Crippen molar-refractivity contribution in [3.8, 4) is 0 Å². The van der Waals surface area contributed by atoms with E-state index in [1.807, 2.05) is 91.0 Å². The normalized spacial score (nSPS) is 12.5. The molecule has 0 N–H and O–H groups in total. The zero-order valence-corrected chi connectivity index (χ0v) is 16.3. The van der Waals surface area contributed by atoms with Crippen molar-refractivity contribution in [1.29, 1.82) is 0 Å². The molecular weight excluding hydrogens is 369 g/mol. The fourth-order valence-electron chi connectivity index (χ4n) is 3.97. The van der Waals surface area contributed by atoms with Crippen LogP contribution in [0, 0.1) is 0 Å². The molecule has 0 aliphatic heterocycles. The molecule has 0 saturated heterocycles. The summed E-state index contributed by atoms with van der Waals surface area (Å²) < 4.78 is 33.2. The van der Waals surface area contributed by atoms with Crippen LogP contribution < -0.4 is 15.9 Å². The number of alkyl halides is 2. The topological polar surface area (TPSA) is 0 Å². The third kappa shape index (κ3) is 2.95. The molecule has 4 aromatic carbocycles. The van der Waals surface area contributed by atoms with E-state index in [-0.39, 0.29) is 5.56 Å². The first-order valence-electron chi connectivity index (χ1n) is 9.27. The molecule has 0 saturated carbocycles. The summed E-state index contributed by atoms with van der Waals surface area (Å²) in [6, 6.07) is 36.1. The molecule has 0 heterocycles. The van der Waals surface area contributed by atoms with Gasteiger partial charge in [-0.1, -0.05) is 0 Å². The molecule has 0 unspecified atom stereocenters. The minimum atomic E-state index is -3.73. The zero-order chi connectivity index (χ0) is 19.5. The third-order valence-electron chi connectivity index (χ3n) is 5.23. The molecule has 0 aliphatic rings. The summed E-state index contributed by atoms with van der Waals surface area (Å²) in [7, 11) is -3.73. The van der Waals surface area contributed by atoms with Crippen molar-refractivity contribution in [2.24, 2.45) is 0 Å². The van der Waals surface area contributed by atoms with Crippen LogP contribution in [0.25, 0.3) is 0 Å². The Morgan fingerprint density at radius 1 is 0.429 bits per heavy atom. The number of hydrogen-bond donors (Lipinski definition) is 0. The summed E-state index contributed by atoms with van der Waals surface area (Å²) in [4.78, 5) is 0. The van der Waals surface area contributed by atoms with Gasteiger partial charge in [-0.15, -0.1) is 0 Å². The Kier molecular flexibility index (Phi) is 5.07. The molecule has 0 bridgehead atoms. The van der Waals surface area contributed by atoms with Gasteiger partial charge in [0.05, 0.1) is 0 Å². The van der Waals surface area contributed by atoms with Crippen molar-refractivity contribution in [2.45, 2.75) is 5.66 Å². The predicted octanol–water partition coefficient (Wildman–Crippen LogP) is 5.46. The standard InChI is InChI=1S/C25H21F2P/c26-25(27,21-13-5-1-6-14-21)28(22-15-7-2-8-16-22,23-17-9-3-10-18-23)24-19-11-4-12-20-24/h1-20,28H. The summed E-state index contributed by atoms with van der Waals surface area (Å²) in [5.41, 5.74) is -2.99. The number of halogens is 2. The van der Waals surface area contributed by atoms with Gasteiger partial charge in [0.25, 0.3) is 0 Å². The van der Waals surface area contributed by atoms with E-state index in [1.54, 1.807) is 18.2 Å². The molecule has 0 spiro atoms. The molecule has 140 valence electrons. The van der Waals surface area contributed by atoms with Gasteiger partial charge in [0, 0.05) is 0 Å². The third-order valence-corrected chi connectivity index (χ3v) is 10.1. The van der Waals surface area contributed by atoms with Crippen LogP contribution in [0.15, 0.2) is 121 Å². The van der Waals surface area contributed by atoms with E-state index in [0.29, 0.717) is 15.9 Å². The Hall–Kier alpha value is -2.83. The van der Waals surface area contributed by atoms with Crippen molar-refractivity contribution in [1.82, 2.24) is 0 Å². The van der Waals surface area contributed by atoms with E-state index in [4.69, 9.17) is 0 Å². The molecule has 4 aromatic rings. The molecule has 0 atom stereocenters. The predicted molar refractivity (Wildman–Crippen MR) is 117 cm³/mol. The van der Waals surface area contributed by atoms with E-state index >= 15 is 8.78 Å². The van der Waals surface area contributed by atoms with Gasteiger partial charge in [0.1, 0.15) is 0 Å². The number of hydrogen-bond acceptors (Lipinski definition) is 0. The van der Waals surface area contributed by atoms with Crippen molar-refractivity contribution in [3.05, 3.63) is 127 Å². The summed E-state index contributed by atoms with van der Waals surface area (Å²) in [6.07, 6.45) is 0. The first-order chi connectivity index (χ1) is 13.7. The van der Waals surface area contributed by atoms with Crippen molar-refractivity contribution >= 4 is 23.2 Å². The summed E-state index contributed by atoms with van der Waals surface area (Å²) >= 11 is 0. The van der Waals surface area contributed by atoms with Gasteiger partial charge < -0.3 is 0 Å². The molecule has 28 heavy (non-hydrogen) atoms. The fourth-order valence-corrected chi connectivity index (χ4v) is 8.74. The van der Waals surface area contributed by atoms with E-state index < -0.39 is 12.9 Å². The average Bonchev–Trinajstić information content (AvgIpc) is 2.77. The van der Waals surface area contributed by atoms with E-state index in [9.17, 15) is 0 Å². The SMILES string of the molecule is FC(F)(c1ccccc1)[PH](c1ccccc1)(c1ccccc1)c1ccccc1. The van der Waals surface area contributed by atoms with Crippen LogP contribution in [0.4, 0.5) is 8.78 Å². The maximum absolute atomic E-state index is 16.6. The first-order valence-corrected chi connectivity index (χ1v) is 11.3. The Balaban J connectivity index is 2.14. The second-order valence-electron chi connectivity index (χ2n) is 6.79. The van der Waals surface area contributed by atoms with Crippen molar-refractivity contribution in [3.63, 3.8) is 0 Å². The zero-order valence-electron chi connectivity index (χ0n) is 15.3. The van der Waals surface area contributed by atoms with Crippen LogP contribution in [0.2, 0.25) is 0 Å². The number of rotatable bonds is 5. The summed E-state index contributed by atoms with van der Waals surface area (Å²) in [6.45, 7) is 0. The molecule has 0 aliphatic carbocycles. The molecule has 0 nitrogen and oxygen atoms in total. The molecule has 0 radical (unpaired) electrons. The molecule has 0 aromatic heterocycles. The van der Waals surface area contributed by atoms with Gasteiger partial charge in [-0.05, 0) is 0 Å². The monoisotopic (exact) mass is 390 g/mol. The summed E-state index contributed by atoms with van der Waals surface area (Å²) in [5, 5.41) is 2.09.